The molecule has 0 fully saturated rings. The molecule has 0 unspecified atom stereocenters. The van der Waals surface area contributed by atoms with Crippen LogP contribution in [0.4, 0.5) is 5.69 Å². The van der Waals surface area contributed by atoms with E-state index in [4.69, 9.17) is 0 Å². The molecule has 0 saturated carbocycles. The van der Waals surface area contributed by atoms with E-state index < -0.39 is 10.9 Å². The zero-order valence-corrected chi connectivity index (χ0v) is 17.6. The van der Waals surface area contributed by atoms with E-state index in [0.29, 0.717) is 22.7 Å². The van der Waals surface area contributed by atoms with Gasteiger partial charge in [0.1, 0.15) is 10.7 Å². The fourth-order valence-corrected chi connectivity index (χ4v) is 4.15. The number of H-pyrrole nitrogens is 1. The number of carboxylic acid groups (broad SMARTS) is 1. The second-order valence-electron chi connectivity index (χ2n) is 6.12. The van der Waals surface area contributed by atoms with Gasteiger partial charge in [0.05, 0.1) is 4.92 Å². The molecule has 0 amide bonds. The van der Waals surface area contributed by atoms with Gasteiger partial charge in [-0.3, -0.25) is 15.2 Å². The Hall–Kier alpha value is -3.11. The summed E-state index contributed by atoms with van der Waals surface area (Å²) >= 11 is 2.30. The Bertz CT molecular complexity index is 1080. The van der Waals surface area contributed by atoms with Crippen LogP contribution in [0.2, 0.25) is 0 Å². The molecule has 1 heterocycles. The number of aliphatic carboxylic acids is 1. The highest BCUT2D eigenvalue weighted by atomic mass is 32.2. The van der Waals surface area contributed by atoms with Crippen LogP contribution in [0, 0.1) is 10.1 Å². The average molecular weight is 443 g/mol. The number of nitrogens with one attached hydrogen (secondary N) is 1. The van der Waals surface area contributed by atoms with Crippen molar-refractivity contribution >= 4 is 41.3 Å². The molecule has 0 atom stereocenters. The topological polar surface area (TPSA) is 122 Å². The lowest BCUT2D eigenvalue weighted by atomic mass is 10.2. The highest BCUT2D eigenvalue weighted by Crippen LogP contribution is 2.35. The SMILES string of the molecule is CCCc1nc(S/C(=C/c2cc([N+](=O)[O-])ccc2Sc2ccccc2)C(=O)O)n[nH]1. The van der Waals surface area contributed by atoms with E-state index in [-0.39, 0.29) is 15.7 Å². The monoisotopic (exact) mass is 442 g/mol. The van der Waals surface area contributed by atoms with Crippen molar-refractivity contribution in [1.82, 2.24) is 15.2 Å². The van der Waals surface area contributed by atoms with Crippen molar-refractivity contribution in [3.8, 4) is 0 Å². The van der Waals surface area contributed by atoms with Crippen molar-refractivity contribution in [3.05, 3.63) is 74.9 Å². The predicted octanol–water partition coefficient (Wildman–Crippen LogP) is 5.03. The molecule has 8 nitrogen and oxygen atoms in total. The minimum absolute atomic E-state index is 0.0348. The molecular formula is C20H18N4O4S2. The number of aromatic nitrogens is 3. The van der Waals surface area contributed by atoms with Crippen LogP contribution in [0.5, 0.6) is 0 Å². The molecule has 0 saturated heterocycles. The number of hydrogen-bond donors (Lipinski definition) is 2. The van der Waals surface area contributed by atoms with Gasteiger partial charge >= 0.3 is 5.97 Å². The molecule has 3 rings (SSSR count). The highest BCUT2D eigenvalue weighted by Gasteiger charge is 2.17. The van der Waals surface area contributed by atoms with Crippen LogP contribution in [-0.2, 0) is 11.2 Å². The van der Waals surface area contributed by atoms with E-state index in [1.165, 1.54) is 30.0 Å². The first-order chi connectivity index (χ1) is 14.5. The molecule has 0 aliphatic heterocycles. The first kappa shape index (κ1) is 21.6. The van der Waals surface area contributed by atoms with Gasteiger partial charge in [-0.2, -0.15) is 0 Å². The number of nitrogens with zero attached hydrogens (tertiary/aromatic N) is 3. The van der Waals surface area contributed by atoms with Crippen LogP contribution in [0.3, 0.4) is 0 Å². The van der Waals surface area contributed by atoms with Crippen LogP contribution < -0.4 is 0 Å². The van der Waals surface area contributed by atoms with Crippen LogP contribution in [0.15, 0.2) is 68.4 Å². The van der Waals surface area contributed by atoms with Gasteiger partial charge in [0, 0.05) is 28.3 Å². The lowest BCUT2D eigenvalue weighted by Crippen LogP contribution is -1.98. The van der Waals surface area contributed by atoms with Crippen molar-refractivity contribution in [2.24, 2.45) is 0 Å². The predicted molar refractivity (Wildman–Crippen MR) is 116 cm³/mol. The van der Waals surface area contributed by atoms with Crippen molar-refractivity contribution in [2.75, 3.05) is 0 Å². The molecule has 0 radical (unpaired) electrons. The van der Waals surface area contributed by atoms with Gasteiger partial charge < -0.3 is 5.11 Å². The van der Waals surface area contributed by atoms with E-state index in [1.54, 1.807) is 6.07 Å². The first-order valence-electron chi connectivity index (χ1n) is 9.01. The van der Waals surface area contributed by atoms with E-state index in [1.807, 2.05) is 37.3 Å². The lowest BCUT2D eigenvalue weighted by molar-refractivity contribution is -0.384. The number of aromatic amines is 1. The molecular weight excluding hydrogens is 424 g/mol. The molecule has 2 aromatic carbocycles. The summed E-state index contributed by atoms with van der Waals surface area (Å²) in [6, 6.07) is 13.9. The van der Waals surface area contributed by atoms with Crippen molar-refractivity contribution in [2.45, 2.75) is 34.7 Å². The van der Waals surface area contributed by atoms with Crippen LogP contribution in [0.1, 0.15) is 24.7 Å². The first-order valence-corrected chi connectivity index (χ1v) is 10.6. The lowest BCUT2D eigenvalue weighted by Gasteiger charge is -2.07. The van der Waals surface area contributed by atoms with E-state index in [0.717, 1.165) is 23.1 Å². The summed E-state index contributed by atoms with van der Waals surface area (Å²) in [7, 11) is 0. The van der Waals surface area contributed by atoms with Gasteiger partial charge in [0.25, 0.3) is 5.69 Å². The van der Waals surface area contributed by atoms with E-state index in [2.05, 4.69) is 15.2 Å². The summed E-state index contributed by atoms with van der Waals surface area (Å²) in [5.41, 5.74) is 0.323. The van der Waals surface area contributed by atoms with Gasteiger partial charge in [-0.1, -0.05) is 36.9 Å². The normalized spacial score (nSPS) is 11.4. The minimum Gasteiger partial charge on any atom is -0.477 e. The number of rotatable bonds is 9. The number of carboxylic acids is 1. The van der Waals surface area contributed by atoms with E-state index >= 15 is 0 Å². The third-order valence-corrected chi connectivity index (χ3v) is 5.85. The molecule has 0 aliphatic carbocycles. The maximum Gasteiger partial charge on any atom is 0.342 e. The van der Waals surface area contributed by atoms with Crippen LogP contribution in [0.25, 0.3) is 6.08 Å². The molecule has 0 aliphatic rings. The Kier molecular flexibility index (Phi) is 7.26. The number of thioether (sulfide) groups is 1. The number of nitro groups is 1. The van der Waals surface area contributed by atoms with Gasteiger partial charge in [-0.05, 0) is 48.0 Å². The number of hydrogen-bond acceptors (Lipinski definition) is 7. The second kappa shape index (κ2) is 10.1. The summed E-state index contributed by atoms with van der Waals surface area (Å²) in [4.78, 5) is 28.4. The van der Waals surface area contributed by atoms with E-state index in [9.17, 15) is 20.0 Å². The van der Waals surface area contributed by atoms with Crippen molar-refractivity contribution < 1.29 is 14.8 Å². The Labute approximate surface area is 181 Å². The number of benzene rings is 2. The smallest absolute Gasteiger partial charge is 0.342 e. The summed E-state index contributed by atoms with van der Waals surface area (Å²) in [6.07, 6.45) is 3.01. The minimum atomic E-state index is -1.16. The number of carbonyl (C=O) groups is 1. The standard InChI is InChI=1S/C20H18N4O4S2/c1-2-6-18-21-20(23-22-18)30-17(19(25)26)12-13-11-14(24(27)28)9-10-16(13)29-15-7-4-3-5-8-15/h3-5,7-12H,2,6H2,1H3,(H,25,26)(H,21,22,23)/b17-12+. The van der Waals surface area contributed by atoms with Crippen molar-refractivity contribution in [3.63, 3.8) is 0 Å². The zero-order chi connectivity index (χ0) is 21.5. The Morgan fingerprint density at radius 1 is 1.27 bits per heavy atom. The molecule has 2 N–H and O–H groups in total. The third kappa shape index (κ3) is 5.71. The van der Waals surface area contributed by atoms with Gasteiger partial charge in [0.2, 0.25) is 5.16 Å². The largest absolute Gasteiger partial charge is 0.477 e. The maximum absolute atomic E-state index is 11.8. The van der Waals surface area contributed by atoms with Crippen molar-refractivity contribution in [1.29, 1.82) is 0 Å². The van der Waals surface area contributed by atoms with Gasteiger partial charge in [-0.15, -0.1) is 5.10 Å². The Morgan fingerprint density at radius 3 is 2.70 bits per heavy atom. The summed E-state index contributed by atoms with van der Waals surface area (Å²) < 4.78 is 0. The average Bonchev–Trinajstić information content (AvgIpc) is 3.16. The fraction of sp³-hybridized carbons (Fsp3) is 0.150. The maximum atomic E-state index is 11.8. The molecule has 30 heavy (non-hydrogen) atoms. The fourth-order valence-electron chi connectivity index (χ4n) is 2.52. The Morgan fingerprint density at radius 2 is 2.03 bits per heavy atom. The molecule has 1 aromatic heterocycles. The summed E-state index contributed by atoms with van der Waals surface area (Å²) in [5, 5.41) is 28.0. The molecule has 154 valence electrons. The van der Waals surface area contributed by atoms with Gasteiger partial charge in [0.15, 0.2) is 0 Å². The van der Waals surface area contributed by atoms with Crippen LogP contribution >= 0.6 is 23.5 Å². The number of nitro benzene ring substituents is 1. The summed E-state index contributed by atoms with van der Waals surface area (Å²) in [6.45, 7) is 2.01. The molecule has 0 bridgehead atoms. The quantitative estimate of drug-likeness (QED) is 0.205. The highest BCUT2D eigenvalue weighted by molar-refractivity contribution is 8.04. The molecule has 10 heteroatoms. The summed E-state index contributed by atoms with van der Waals surface area (Å²) in [5.74, 6) is -0.482. The zero-order valence-electron chi connectivity index (χ0n) is 15.9. The molecule has 3 aromatic rings. The Balaban J connectivity index is 1.97. The van der Waals surface area contributed by atoms with Gasteiger partial charge in [-0.25, -0.2) is 9.78 Å². The third-order valence-electron chi connectivity index (χ3n) is 3.87. The van der Waals surface area contributed by atoms with Crippen LogP contribution in [-0.4, -0.2) is 31.2 Å². The second-order valence-corrected chi connectivity index (χ2v) is 8.25. The number of non-ortho nitro benzene ring substituents is 1. The molecule has 0 spiro atoms. The number of aryl methyl sites for hydroxylation is 1.